The molecule has 5 nitrogen and oxygen atoms in total. The molecule has 2 aliphatic rings. The van der Waals surface area contributed by atoms with E-state index in [1.165, 1.54) is 6.42 Å². The second kappa shape index (κ2) is 9.17. The standard InChI is InChI=1S/C29H25ClN4O/c30-22-13-14-24-26(17-22)31-16-15-27(24)34-28(25(18-32-34)29(35)33-23-7-4-8-23)21-11-9-20(10-12-21)19-5-2-1-3-6-19/h1-3,5-6,9-17,23,32H,4,7-8,18H2,(H,33,35). The number of hydrazine groups is 1. The molecule has 2 N–H and O–H groups in total. The smallest absolute Gasteiger partial charge is 0.250 e. The Morgan fingerprint density at radius 3 is 2.43 bits per heavy atom. The Morgan fingerprint density at radius 1 is 0.943 bits per heavy atom. The van der Waals surface area contributed by atoms with Crippen LogP contribution in [0.15, 0.2) is 90.6 Å². The molecule has 1 fully saturated rings. The van der Waals surface area contributed by atoms with Crippen LogP contribution in [0.4, 0.5) is 5.69 Å². The number of carbonyl (C=O) groups excluding carboxylic acids is 1. The SMILES string of the molecule is O=C(NC1CCC1)C1=C(c2ccc(-c3ccccc3)cc2)N(c2ccnc3cc(Cl)ccc23)NC1. The fraction of sp³-hybridized carbons (Fsp3) is 0.172. The van der Waals surface area contributed by atoms with Crippen molar-refractivity contribution in [1.29, 1.82) is 0 Å². The summed E-state index contributed by atoms with van der Waals surface area (Å²) in [4.78, 5) is 17.8. The minimum atomic E-state index is -0.00626. The zero-order valence-corrected chi connectivity index (χ0v) is 19.9. The molecule has 1 saturated carbocycles. The summed E-state index contributed by atoms with van der Waals surface area (Å²) in [6.07, 6.45) is 5.05. The molecule has 0 bridgehead atoms. The van der Waals surface area contributed by atoms with Crippen LogP contribution in [0.1, 0.15) is 24.8 Å². The first-order chi connectivity index (χ1) is 17.2. The summed E-state index contributed by atoms with van der Waals surface area (Å²) in [7, 11) is 0. The number of halogens is 1. The highest BCUT2D eigenvalue weighted by Gasteiger charge is 2.31. The molecule has 2 heterocycles. The van der Waals surface area contributed by atoms with Crippen molar-refractivity contribution in [1.82, 2.24) is 15.7 Å². The van der Waals surface area contributed by atoms with Crippen LogP contribution in [-0.2, 0) is 4.79 Å². The number of rotatable bonds is 5. The van der Waals surface area contributed by atoms with Gasteiger partial charge in [-0.1, -0.05) is 66.2 Å². The number of nitrogens with zero attached hydrogens (tertiary/aromatic N) is 2. The Morgan fingerprint density at radius 2 is 1.69 bits per heavy atom. The summed E-state index contributed by atoms with van der Waals surface area (Å²) in [5.41, 5.74) is 10.1. The zero-order valence-electron chi connectivity index (χ0n) is 19.2. The first-order valence-electron chi connectivity index (χ1n) is 12.0. The highest BCUT2D eigenvalue weighted by Crippen LogP contribution is 2.36. The van der Waals surface area contributed by atoms with E-state index in [0.717, 1.165) is 57.4 Å². The number of amides is 1. The summed E-state index contributed by atoms with van der Waals surface area (Å²) < 4.78 is 0. The Balaban J connectivity index is 1.44. The summed E-state index contributed by atoms with van der Waals surface area (Å²) in [5, 5.41) is 6.84. The van der Waals surface area contributed by atoms with Crippen molar-refractivity contribution in [3.8, 4) is 11.1 Å². The lowest BCUT2D eigenvalue weighted by molar-refractivity contribution is -0.118. The first kappa shape index (κ1) is 21.8. The van der Waals surface area contributed by atoms with Gasteiger partial charge in [0.2, 0.25) is 0 Å². The van der Waals surface area contributed by atoms with Crippen LogP contribution in [0.25, 0.3) is 27.7 Å². The van der Waals surface area contributed by atoms with Gasteiger partial charge in [0, 0.05) is 34.8 Å². The van der Waals surface area contributed by atoms with Gasteiger partial charge in [-0.05, 0) is 54.7 Å². The van der Waals surface area contributed by atoms with E-state index in [1.54, 1.807) is 6.20 Å². The summed E-state index contributed by atoms with van der Waals surface area (Å²) in [5.74, 6) is -0.00626. The molecule has 3 aromatic carbocycles. The van der Waals surface area contributed by atoms with Gasteiger partial charge in [0.15, 0.2) is 0 Å². The van der Waals surface area contributed by atoms with E-state index < -0.39 is 0 Å². The topological polar surface area (TPSA) is 57.3 Å². The maximum absolute atomic E-state index is 13.3. The van der Waals surface area contributed by atoms with Crippen LogP contribution < -0.4 is 15.8 Å². The van der Waals surface area contributed by atoms with E-state index >= 15 is 0 Å². The second-order valence-corrected chi connectivity index (χ2v) is 9.47. The predicted molar refractivity (Wildman–Crippen MR) is 142 cm³/mol. The Labute approximate surface area is 209 Å². The normalized spacial score (nSPS) is 16.0. The van der Waals surface area contributed by atoms with E-state index in [1.807, 2.05) is 47.5 Å². The zero-order chi connectivity index (χ0) is 23.8. The lowest BCUT2D eigenvalue weighted by Gasteiger charge is -2.27. The van der Waals surface area contributed by atoms with Crippen molar-refractivity contribution < 1.29 is 4.79 Å². The average Bonchev–Trinajstić information content (AvgIpc) is 3.31. The van der Waals surface area contributed by atoms with Gasteiger partial charge >= 0.3 is 0 Å². The van der Waals surface area contributed by atoms with Crippen LogP contribution in [0.5, 0.6) is 0 Å². The molecule has 174 valence electrons. The number of carbonyl (C=O) groups is 1. The van der Waals surface area contributed by atoms with Crippen LogP contribution in [0.3, 0.4) is 0 Å². The number of aromatic nitrogens is 1. The minimum absolute atomic E-state index is 0.00626. The molecule has 1 aliphatic heterocycles. The molecule has 1 amide bonds. The molecule has 35 heavy (non-hydrogen) atoms. The number of hydrogen-bond acceptors (Lipinski definition) is 4. The van der Waals surface area contributed by atoms with Gasteiger partial charge in [0.05, 0.1) is 22.5 Å². The van der Waals surface area contributed by atoms with Crippen molar-refractivity contribution in [2.24, 2.45) is 0 Å². The summed E-state index contributed by atoms with van der Waals surface area (Å²) in [6.45, 7) is 0.450. The molecule has 6 rings (SSSR count). The fourth-order valence-electron chi connectivity index (χ4n) is 4.73. The molecular formula is C29H25ClN4O. The average molecular weight is 481 g/mol. The predicted octanol–water partition coefficient (Wildman–Crippen LogP) is 5.96. The van der Waals surface area contributed by atoms with E-state index in [4.69, 9.17) is 11.6 Å². The number of pyridine rings is 1. The molecule has 1 aromatic heterocycles. The van der Waals surface area contributed by atoms with E-state index in [2.05, 4.69) is 52.1 Å². The number of benzene rings is 3. The van der Waals surface area contributed by atoms with Crippen molar-refractivity contribution in [3.05, 3.63) is 101 Å². The largest absolute Gasteiger partial charge is 0.349 e. The monoisotopic (exact) mass is 480 g/mol. The molecular weight excluding hydrogens is 456 g/mol. The molecule has 0 unspecified atom stereocenters. The van der Waals surface area contributed by atoms with Crippen molar-refractivity contribution in [2.75, 3.05) is 11.6 Å². The lowest BCUT2D eigenvalue weighted by atomic mass is 9.92. The maximum Gasteiger partial charge on any atom is 0.250 e. The summed E-state index contributed by atoms with van der Waals surface area (Å²) >= 11 is 6.22. The van der Waals surface area contributed by atoms with Crippen LogP contribution >= 0.6 is 11.6 Å². The third kappa shape index (κ3) is 4.18. The van der Waals surface area contributed by atoms with Crippen LogP contribution in [0.2, 0.25) is 5.02 Å². The van der Waals surface area contributed by atoms with Gasteiger partial charge in [-0.2, -0.15) is 0 Å². The highest BCUT2D eigenvalue weighted by molar-refractivity contribution is 6.31. The van der Waals surface area contributed by atoms with Crippen molar-refractivity contribution in [3.63, 3.8) is 0 Å². The highest BCUT2D eigenvalue weighted by atomic mass is 35.5. The Kier molecular flexibility index (Phi) is 5.72. The van der Waals surface area contributed by atoms with Gasteiger partial charge in [-0.15, -0.1) is 0 Å². The van der Waals surface area contributed by atoms with E-state index in [9.17, 15) is 4.79 Å². The van der Waals surface area contributed by atoms with Crippen molar-refractivity contribution in [2.45, 2.75) is 25.3 Å². The number of anilines is 1. The van der Waals surface area contributed by atoms with Gasteiger partial charge in [-0.3, -0.25) is 14.8 Å². The second-order valence-electron chi connectivity index (χ2n) is 9.03. The summed E-state index contributed by atoms with van der Waals surface area (Å²) in [6, 6.07) is 26.6. The molecule has 1 aliphatic carbocycles. The molecule has 0 saturated heterocycles. The third-order valence-corrected chi connectivity index (χ3v) is 7.06. The minimum Gasteiger partial charge on any atom is -0.349 e. The van der Waals surface area contributed by atoms with Crippen molar-refractivity contribution >= 4 is 39.8 Å². The Bertz CT molecular complexity index is 1430. The quantitative estimate of drug-likeness (QED) is 0.370. The number of fused-ring (bicyclic) bond motifs is 1. The van der Waals surface area contributed by atoms with E-state index in [-0.39, 0.29) is 11.9 Å². The maximum atomic E-state index is 13.3. The molecule has 0 radical (unpaired) electrons. The molecule has 4 aromatic rings. The van der Waals surface area contributed by atoms with Crippen LogP contribution in [0, 0.1) is 0 Å². The third-order valence-electron chi connectivity index (χ3n) is 6.83. The van der Waals surface area contributed by atoms with Crippen LogP contribution in [-0.4, -0.2) is 23.5 Å². The fourth-order valence-corrected chi connectivity index (χ4v) is 4.90. The number of hydrogen-bond donors (Lipinski definition) is 2. The van der Waals surface area contributed by atoms with Gasteiger partial charge in [-0.25, -0.2) is 5.43 Å². The van der Waals surface area contributed by atoms with E-state index in [0.29, 0.717) is 11.6 Å². The van der Waals surface area contributed by atoms with Gasteiger partial charge in [0.1, 0.15) is 0 Å². The Hall–Kier alpha value is -3.67. The molecule has 0 atom stereocenters. The first-order valence-corrected chi connectivity index (χ1v) is 12.3. The molecule has 6 heteroatoms. The molecule has 0 spiro atoms. The lowest BCUT2D eigenvalue weighted by Crippen LogP contribution is -2.40. The van der Waals surface area contributed by atoms with Gasteiger partial charge < -0.3 is 5.32 Å². The number of nitrogens with one attached hydrogen (secondary N) is 2. The van der Waals surface area contributed by atoms with Gasteiger partial charge in [0.25, 0.3) is 5.91 Å².